The molecule has 3 amide bonds. The Hall–Kier alpha value is -1.14. The number of imide groups is 1. The lowest BCUT2D eigenvalue weighted by molar-refractivity contribution is -0.121. The molecule has 0 aliphatic carbocycles. The van der Waals surface area contributed by atoms with E-state index in [2.05, 4.69) is 5.32 Å². The first-order chi connectivity index (χ1) is 7.09. The van der Waals surface area contributed by atoms with Crippen molar-refractivity contribution in [3.63, 3.8) is 0 Å². The molecule has 1 rings (SSSR count). The number of nitrogens with two attached hydrogens (primary N) is 1. The largest absolute Gasteiger partial charge is 0.377 e. The smallest absolute Gasteiger partial charge is 0.318 e. The van der Waals surface area contributed by atoms with E-state index in [1.165, 1.54) is 0 Å². The Morgan fingerprint density at radius 3 is 2.87 bits per heavy atom. The minimum atomic E-state index is -0.828. The molecule has 0 saturated carbocycles. The molecule has 1 aliphatic rings. The highest BCUT2D eigenvalue weighted by molar-refractivity contribution is 5.96. The molecule has 6 heteroatoms. The van der Waals surface area contributed by atoms with Gasteiger partial charge in [-0.25, -0.2) is 4.79 Å². The van der Waals surface area contributed by atoms with E-state index >= 15 is 0 Å². The third kappa shape index (κ3) is 4.26. The average molecular weight is 215 g/mol. The third-order valence-electron chi connectivity index (χ3n) is 2.32. The third-order valence-corrected chi connectivity index (χ3v) is 2.32. The second-order valence-electron chi connectivity index (χ2n) is 3.62. The lowest BCUT2D eigenvalue weighted by atomic mass is 10.2. The van der Waals surface area contributed by atoms with Gasteiger partial charge in [0.2, 0.25) is 5.91 Å². The van der Waals surface area contributed by atoms with E-state index in [4.69, 9.17) is 10.5 Å². The quantitative estimate of drug-likeness (QED) is 0.580. The molecule has 0 radical (unpaired) electrons. The highest BCUT2D eigenvalue weighted by Crippen LogP contribution is 2.10. The fourth-order valence-corrected chi connectivity index (χ4v) is 1.44. The molecule has 0 bridgehead atoms. The number of hydrogen-bond donors (Lipinski definition) is 3. The number of primary amides is 1. The van der Waals surface area contributed by atoms with Gasteiger partial charge in [-0.15, -0.1) is 0 Å². The Morgan fingerprint density at radius 2 is 2.33 bits per heavy atom. The van der Waals surface area contributed by atoms with Crippen molar-refractivity contribution in [2.24, 2.45) is 5.73 Å². The molecular formula is C9H17N3O3. The van der Waals surface area contributed by atoms with Crippen LogP contribution in [0.5, 0.6) is 0 Å². The van der Waals surface area contributed by atoms with Crippen LogP contribution in [0.3, 0.4) is 0 Å². The van der Waals surface area contributed by atoms with Gasteiger partial charge >= 0.3 is 6.03 Å². The van der Waals surface area contributed by atoms with Crippen LogP contribution in [0.4, 0.5) is 4.79 Å². The van der Waals surface area contributed by atoms with Gasteiger partial charge in [-0.3, -0.25) is 10.1 Å². The molecule has 1 fully saturated rings. The van der Waals surface area contributed by atoms with Gasteiger partial charge in [0.15, 0.2) is 0 Å². The topological polar surface area (TPSA) is 93.4 Å². The summed E-state index contributed by atoms with van der Waals surface area (Å²) in [5.74, 6) is -0.416. The molecule has 15 heavy (non-hydrogen) atoms. The number of rotatable bonds is 4. The van der Waals surface area contributed by atoms with Crippen molar-refractivity contribution >= 4 is 11.9 Å². The fraction of sp³-hybridized carbons (Fsp3) is 0.778. The van der Waals surface area contributed by atoms with Crippen LogP contribution < -0.4 is 16.4 Å². The number of carbonyl (C=O) groups excluding carboxylic acids is 2. The first-order valence-corrected chi connectivity index (χ1v) is 5.05. The standard InChI is InChI=1S/C9H17N3O3/c1-6(8(13)12-9(10)14)11-5-7-3-2-4-15-7/h6-7,11H,2-5H2,1H3,(H3,10,12,13,14). The summed E-state index contributed by atoms with van der Waals surface area (Å²) in [6.07, 6.45) is 2.25. The van der Waals surface area contributed by atoms with E-state index in [0.29, 0.717) is 6.54 Å². The lowest BCUT2D eigenvalue weighted by Crippen LogP contribution is -2.48. The van der Waals surface area contributed by atoms with Gasteiger partial charge in [-0.05, 0) is 19.8 Å². The second-order valence-corrected chi connectivity index (χ2v) is 3.62. The molecule has 0 aromatic carbocycles. The molecule has 0 spiro atoms. The maximum Gasteiger partial charge on any atom is 0.318 e. The number of carbonyl (C=O) groups is 2. The number of ether oxygens (including phenoxy) is 1. The molecule has 86 valence electrons. The van der Waals surface area contributed by atoms with Crippen molar-refractivity contribution in [1.82, 2.24) is 10.6 Å². The summed E-state index contributed by atoms with van der Waals surface area (Å²) >= 11 is 0. The molecule has 1 aliphatic heterocycles. The Bertz CT molecular complexity index is 239. The predicted octanol–water partition coefficient (Wildman–Crippen LogP) is -0.662. The van der Waals surface area contributed by atoms with E-state index in [1.54, 1.807) is 6.92 Å². The zero-order chi connectivity index (χ0) is 11.3. The summed E-state index contributed by atoms with van der Waals surface area (Å²) in [4.78, 5) is 21.7. The van der Waals surface area contributed by atoms with Crippen molar-refractivity contribution in [3.05, 3.63) is 0 Å². The van der Waals surface area contributed by atoms with Gasteiger partial charge in [0.1, 0.15) is 0 Å². The summed E-state index contributed by atoms with van der Waals surface area (Å²) in [5.41, 5.74) is 4.83. The van der Waals surface area contributed by atoms with E-state index < -0.39 is 18.0 Å². The van der Waals surface area contributed by atoms with Crippen molar-refractivity contribution < 1.29 is 14.3 Å². The van der Waals surface area contributed by atoms with Crippen LogP contribution in [0.2, 0.25) is 0 Å². The number of amides is 3. The summed E-state index contributed by atoms with van der Waals surface area (Å²) in [7, 11) is 0. The first-order valence-electron chi connectivity index (χ1n) is 5.05. The Labute approximate surface area is 88.5 Å². The van der Waals surface area contributed by atoms with Crippen LogP contribution in [0, 0.1) is 0 Å². The average Bonchev–Trinajstić information content (AvgIpc) is 2.65. The molecular weight excluding hydrogens is 198 g/mol. The zero-order valence-corrected chi connectivity index (χ0v) is 8.79. The van der Waals surface area contributed by atoms with Crippen LogP contribution in [-0.2, 0) is 9.53 Å². The minimum Gasteiger partial charge on any atom is -0.377 e. The van der Waals surface area contributed by atoms with Gasteiger partial charge in [0.25, 0.3) is 0 Å². The number of hydrogen-bond acceptors (Lipinski definition) is 4. The summed E-state index contributed by atoms with van der Waals surface area (Å²) < 4.78 is 5.38. The van der Waals surface area contributed by atoms with E-state index in [-0.39, 0.29) is 6.10 Å². The van der Waals surface area contributed by atoms with Crippen LogP contribution in [0.15, 0.2) is 0 Å². The molecule has 0 aromatic heterocycles. The van der Waals surface area contributed by atoms with E-state index in [9.17, 15) is 9.59 Å². The molecule has 2 atom stereocenters. The van der Waals surface area contributed by atoms with Gasteiger partial charge in [-0.1, -0.05) is 0 Å². The molecule has 1 saturated heterocycles. The van der Waals surface area contributed by atoms with Crippen LogP contribution in [0.1, 0.15) is 19.8 Å². The Balaban J connectivity index is 2.19. The van der Waals surface area contributed by atoms with Crippen LogP contribution >= 0.6 is 0 Å². The fourth-order valence-electron chi connectivity index (χ4n) is 1.44. The Kier molecular flexibility index (Phi) is 4.51. The number of nitrogens with one attached hydrogen (secondary N) is 2. The van der Waals surface area contributed by atoms with E-state index in [0.717, 1.165) is 19.4 Å². The van der Waals surface area contributed by atoms with Crippen molar-refractivity contribution in [1.29, 1.82) is 0 Å². The summed E-state index contributed by atoms with van der Waals surface area (Å²) in [5, 5.41) is 5.00. The first kappa shape index (κ1) is 11.9. The van der Waals surface area contributed by atoms with Crippen molar-refractivity contribution in [3.8, 4) is 0 Å². The second kappa shape index (κ2) is 5.67. The SMILES string of the molecule is CC(NCC1CCCO1)C(=O)NC(N)=O. The van der Waals surface area contributed by atoms with Crippen molar-refractivity contribution in [2.75, 3.05) is 13.2 Å². The van der Waals surface area contributed by atoms with Crippen molar-refractivity contribution in [2.45, 2.75) is 31.9 Å². The highest BCUT2D eigenvalue weighted by Gasteiger charge is 2.19. The maximum atomic E-state index is 11.2. The lowest BCUT2D eigenvalue weighted by Gasteiger charge is -2.15. The van der Waals surface area contributed by atoms with Gasteiger partial charge < -0.3 is 15.8 Å². The maximum absolute atomic E-state index is 11.2. The normalized spacial score (nSPS) is 22.3. The molecule has 6 nitrogen and oxygen atoms in total. The van der Waals surface area contributed by atoms with Gasteiger partial charge in [0, 0.05) is 13.2 Å². The highest BCUT2D eigenvalue weighted by atomic mass is 16.5. The minimum absolute atomic E-state index is 0.175. The zero-order valence-electron chi connectivity index (χ0n) is 8.79. The van der Waals surface area contributed by atoms with Gasteiger partial charge in [0.05, 0.1) is 12.1 Å². The monoisotopic (exact) mass is 215 g/mol. The molecule has 4 N–H and O–H groups in total. The molecule has 1 heterocycles. The Morgan fingerprint density at radius 1 is 1.60 bits per heavy atom. The van der Waals surface area contributed by atoms with Gasteiger partial charge in [-0.2, -0.15) is 0 Å². The molecule has 0 aromatic rings. The van der Waals surface area contributed by atoms with Crippen LogP contribution in [-0.4, -0.2) is 37.2 Å². The number of urea groups is 1. The van der Waals surface area contributed by atoms with E-state index in [1.807, 2.05) is 5.32 Å². The molecule has 2 unspecified atom stereocenters. The summed E-state index contributed by atoms with van der Waals surface area (Å²) in [6, 6.07) is -1.27. The summed E-state index contributed by atoms with van der Waals surface area (Å²) in [6.45, 7) is 3.08. The van der Waals surface area contributed by atoms with Crippen LogP contribution in [0.25, 0.3) is 0 Å². The predicted molar refractivity (Wildman–Crippen MR) is 54.2 cm³/mol.